The molecule has 2 N–H and O–H groups in total. The number of hydrogen-bond acceptors (Lipinski definition) is 1. The summed E-state index contributed by atoms with van der Waals surface area (Å²) in [6.45, 7) is 0.874. The molecule has 0 bridgehead atoms. The average Bonchev–Trinajstić information content (AvgIpc) is 1.55. The van der Waals surface area contributed by atoms with Crippen molar-refractivity contribution >= 4 is 0 Å². The van der Waals surface area contributed by atoms with Crippen LogP contribution in [0, 0.1) is 12.3 Å². The molecule has 0 aromatic carbocycles. The minimum atomic E-state index is 0.874. The van der Waals surface area contributed by atoms with Crippen molar-refractivity contribution in [2.24, 2.45) is 11.7 Å². The van der Waals surface area contributed by atoms with Crippen molar-refractivity contribution in [1.82, 2.24) is 0 Å². The van der Waals surface area contributed by atoms with E-state index in [1.807, 2.05) is 0 Å². The predicted octanol–water partition coefficient (Wildman–Crippen LogP) is 0.949. The molecule has 1 aliphatic rings. The largest absolute Gasteiger partial charge is 0.330 e. The van der Waals surface area contributed by atoms with Gasteiger partial charge in [0.1, 0.15) is 0 Å². The maximum atomic E-state index is 5.32. The van der Waals surface area contributed by atoms with Gasteiger partial charge in [-0.05, 0) is 38.1 Å². The Labute approximate surface area is 44.9 Å². The molecule has 1 saturated carbocycles. The molecule has 0 unspecified atom stereocenters. The molecule has 0 spiro atoms. The molecule has 0 amide bonds. The lowest BCUT2D eigenvalue weighted by Crippen LogP contribution is -2.15. The van der Waals surface area contributed by atoms with Gasteiger partial charge >= 0.3 is 0 Å². The van der Waals surface area contributed by atoms with Crippen molar-refractivity contribution < 1.29 is 0 Å². The second-order valence-corrected chi connectivity index (χ2v) is 2.20. The molecule has 1 heteroatoms. The first-order valence-electron chi connectivity index (χ1n) is 2.95. The summed E-state index contributed by atoms with van der Waals surface area (Å²) in [5.74, 6) is 0.949. The van der Waals surface area contributed by atoms with Crippen LogP contribution in [0.3, 0.4) is 0 Å². The van der Waals surface area contributed by atoms with Crippen molar-refractivity contribution in [3.8, 4) is 0 Å². The summed E-state index contributed by atoms with van der Waals surface area (Å²) in [7, 11) is 0. The molecule has 1 rings (SSSR count). The number of nitrogens with two attached hydrogens (primary N) is 1. The SMILES string of the molecule is NCCC1C[CH]C1. The fourth-order valence-electron chi connectivity index (χ4n) is 0.874. The summed E-state index contributed by atoms with van der Waals surface area (Å²) in [6, 6.07) is 0. The fraction of sp³-hybridized carbons (Fsp3) is 0.833. The highest BCUT2D eigenvalue weighted by Crippen LogP contribution is 2.27. The lowest BCUT2D eigenvalue weighted by molar-refractivity contribution is 0.387. The van der Waals surface area contributed by atoms with Crippen LogP contribution in [0.15, 0.2) is 0 Å². The van der Waals surface area contributed by atoms with E-state index in [2.05, 4.69) is 6.42 Å². The Kier molecular flexibility index (Phi) is 1.69. The quantitative estimate of drug-likeness (QED) is 0.546. The van der Waals surface area contributed by atoms with Gasteiger partial charge in [0.05, 0.1) is 0 Å². The number of rotatable bonds is 2. The first-order chi connectivity index (χ1) is 3.43. The summed E-state index contributed by atoms with van der Waals surface area (Å²) in [4.78, 5) is 0. The Bertz CT molecular complexity index is 48.1. The molecular weight excluding hydrogens is 86.1 g/mol. The lowest BCUT2D eigenvalue weighted by Gasteiger charge is -2.23. The Morgan fingerprint density at radius 1 is 1.57 bits per heavy atom. The van der Waals surface area contributed by atoms with E-state index in [9.17, 15) is 0 Å². The first kappa shape index (κ1) is 5.10. The van der Waals surface area contributed by atoms with Gasteiger partial charge in [-0.3, -0.25) is 0 Å². The Hall–Kier alpha value is -0.0400. The second kappa shape index (κ2) is 2.31. The molecule has 7 heavy (non-hydrogen) atoms. The number of hydrogen-bond donors (Lipinski definition) is 1. The minimum absolute atomic E-state index is 0.874. The van der Waals surface area contributed by atoms with E-state index in [1.54, 1.807) is 0 Å². The highest BCUT2D eigenvalue weighted by Gasteiger charge is 2.15. The zero-order chi connectivity index (χ0) is 5.11. The van der Waals surface area contributed by atoms with Crippen molar-refractivity contribution in [1.29, 1.82) is 0 Å². The van der Waals surface area contributed by atoms with Gasteiger partial charge in [0.25, 0.3) is 0 Å². The molecule has 1 aliphatic carbocycles. The van der Waals surface area contributed by atoms with Crippen molar-refractivity contribution in [2.45, 2.75) is 19.3 Å². The Morgan fingerprint density at radius 3 is 2.43 bits per heavy atom. The summed E-state index contributed by atoms with van der Waals surface area (Å²) in [6.07, 6.45) is 6.19. The normalized spacial score (nSPS) is 21.9. The molecular formula is C6H12N. The zero-order valence-electron chi connectivity index (χ0n) is 4.56. The lowest BCUT2D eigenvalue weighted by atomic mass is 9.83. The molecule has 1 radical (unpaired) electrons. The Morgan fingerprint density at radius 2 is 2.29 bits per heavy atom. The third kappa shape index (κ3) is 1.16. The van der Waals surface area contributed by atoms with Crippen LogP contribution >= 0.6 is 0 Å². The van der Waals surface area contributed by atoms with E-state index in [-0.39, 0.29) is 0 Å². The maximum absolute atomic E-state index is 5.32. The van der Waals surface area contributed by atoms with Gasteiger partial charge < -0.3 is 5.73 Å². The first-order valence-corrected chi connectivity index (χ1v) is 2.95. The maximum Gasteiger partial charge on any atom is -0.00746 e. The second-order valence-electron chi connectivity index (χ2n) is 2.20. The molecule has 0 saturated heterocycles. The van der Waals surface area contributed by atoms with Crippen molar-refractivity contribution in [3.63, 3.8) is 0 Å². The van der Waals surface area contributed by atoms with E-state index < -0.39 is 0 Å². The summed E-state index contributed by atoms with van der Waals surface area (Å²) >= 11 is 0. The average molecular weight is 98.2 g/mol. The van der Waals surface area contributed by atoms with Crippen LogP contribution < -0.4 is 5.73 Å². The van der Waals surface area contributed by atoms with Gasteiger partial charge in [-0.2, -0.15) is 0 Å². The van der Waals surface area contributed by atoms with Crippen LogP contribution in [0.1, 0.15) is 19.3 Å². The predicted molar refractivity (Wildman–Crippen MR) is 30.7 cm³/mol. The van der Waals surface area contributed by atoms with Crippen LogP contribution in [0.2, 0.25) is 0 Å². The van der Waals surface area contributed by atoms with Gasteiger partial charge in [-0.1, -0.05) is 0 Å². The topological polar surface area (TPSA) is 26.0 Å². The molecule has 41 valence electrons. The molecule has 0 aliphatic heterocycles. The van der Waals surface area contributed by atoms with Crippen LogP contribution in [-0.4, -0.2) is 6.54 Å². The van der Waals surface area contributed by atoms with Crippen molar-refractivity contribution in [3.05, 3.63) is 6.42 Å². The minimum Gasteiger partial charge on any atom is -0.330 e. The summed E-state index contributed by atoms with van der Waals surface area (Å²) in [5, 5.41) is 0. The van der Waals surface area contributed by atoms with Gasteiger partial charge in [-0.15, -0.1) is 0 Å². The van der Waals surface area contributed by atoms with Gasteiger partial charge in [0.15, 0.2) is 0 Å². The smallest absolute Gasteiger partial charge is 0.00746 e. The summed E-state index contributed by atoms with van der Waals surface area (Å²) < 4.78 is 0. The fourth-order valence-corrected chi connectivity index (χ4v) is 0.874. The van der Waals surface area contributed by atoms with Crippen molar-refractivity contribution in [2.75, 3.05) is 6.54 Å². The van der Waals surface area contributed by atoms with E-state index in [0.717, 1.165) is 12.5 Å². The standard InChI is InChI=1S/C6H12N/c7-5-4-6-2-1-3-6/h1,6H,2-5,7H2. The molecule has 1 nitrogen and oxygen atoms in total. The third-order valence-corrected chi connectivity index (χ3v) is 1.57. The third-order valence-electron chi connectivity index (χ3n) is 1.57. The van der Waals surface area contributed by atoms with Crippen LogP contribution in [0.4, 0.5) is 0 Å². The monoisotopic (exact) mass is 98.1 g/mol. The van der Waals surface area contributed by atoms with Crippen LogP contribution in [-0.2, 0) is 0 Å². The Balaban J connectivity index is 1.93. The highest BCUT2D eigenvalue weighted by atomic mass is 14.5. The van der Waals surface area contributed by atoms with E-state index in [4.69, 9.17) is 5.73 Å². The van der Waals surface area contributed by atoms with E-state index >= 15 is 0 Å². The van der Waals surface area contributed by atoms with Gasteiger partial charge in [0.2, 0.25) is 0 Å². The summed E-state index contributed by atoms with van der Waals surface area (Å²) in [5.41, 5.74) is 5.32. The van der Waals surface area contributed by atoms with E-state index in [0.29, 0.717) is 0 Å². The van der Waals surface area contributed by atoms with Gasteiger partial charge in [-0.25, -0.2) is 0 Å². The molecule has 0 aromatic rings. The molecule has 0 aromatic heterocycles. The van der Waals surface area contributed by atoms with E-state index in [1.165, 1.54) is 19.3 Å². The highest BCUT2D eigenvalue weighted by molar-refractivity contribution is 4.84. The molecule has 1 fully saturated rings. The molecule has 0 atom stereocenters. The van der Waals surface area contributed by atoms with Crippen LogP contribution in [0.25, 0.3) is 0 Å². The van der Waals surface area contributed by atoms with Crippen LogP contribution in [0.5, 0.6) is 0 Å². The molecule has 0 heterocycles. The van der Waals surface area contributed by atoms with Gasteiger partial charge in [0, 0.05) is 0 Å². The zero-order valence-corrected chi connectivity index (χ0v) is 4.56.